The molecule has 1 aromatic rings. The van der Waals surface area contributed by atoms with Gasteiger partial charge in [-0.2, -0.15) is 0 Å². The van der Waals surface area contributed by atoms with E-state index in [1.807, 2.05) is 12.1 Å². The maximum atomic E-state index is 5.90. The lowest BCUT2D eigenvalue weighted by molar-refractivity contribution is 0.659. The van der Waals surface area contributed by atoms with Crippen LogP contribution < -0.4 is 10.6 Å². The predicted molar refractivity (Wildman–Crippen MR) is 61.6 cm³/mol. The van der Waals surface area contributed by atoms with Gasteiger partial charge in [-0.25, -0.2) is 0 Å². The summed E-state index contributed by atoms with van der Waals surface area (Å²) in [6.07, 6.45) is 1.30. The molecule has 1 aliphatic rings. The number of benzene rings is 1. The Morgan fingerprint density at radius 2 is 2.21 bits per heavy atom. The molecule has 0 aromatic heterocycles. The Balaban J connectivity index is 2.28. The van der Waals surface area contributed by atoms with Gasteiger partial charge in [-0.3, -0.25) is 0 Å². The van der Waals surface area contributed by atoms with Crippen LogP contribution in [0.5, 0.6) is 0 Å². The lowest BCUT2D eigenvalue weighted by Gasteiger charge is -2.21. The second-order valence-electron chi connectivity index (χ2n) is 4.33. The predicted octanol–water partition coefficient (Wildman–Crippen LogP) is 2.42. The number of rotatable bonds is 1. The van der Waals surface area contributed by atoms with E-state index in [1.54, 1.807) is 0 Å². The van der Waals surface area contributed by atoms with Crippen molar-refractivity contribution in [3.8, 4) is 0 Å². The minimum Gasteiger partial charge on any atom is -0.398 e. The molecule has 1 aromatic carbocycles. The van der Waals surface area contributed by atoms with Gasteiger partial charge in [0.15, 0.2) is 0 Å². The summed E-state index contributed by atoms with van der Waals surface area (Å²) in [5.41, 5.74) is 9.34. The van der Waals surface area contributed by atoms with Gasteiger partial charge in [0.1, 0.15) is 0 Å². The molecule has 0 aliphatic carbocycles. The largest absolute Gasteiger partial charge is 0.398 e. The second-order valence-corrected chi connectivity index (χ2v) is 4.33. The highest BCUT2D eigenvalue weighted by Crippen LogP contribution is 2.29. The third kappa shape index (κ3) is 1.57. The highest BCUT2D eigenvalue weighted by molar-refractivity contribution is 5.64. The number of anilines is 2. The normalized spacial score (nSPS) is 21.6. The van der Waals surface area contributed by atoms with Gasteiger partial charge in [-0.15, -0.1) is 0 Å². The van der Waals surface area contributed by atoms with Crippen LogP contribution in [0.1, 0.15) is 18.9 Å². The van der Waals surface area contributed by atoms with Crippen molar-refractivity contribution in [3.63, 3.8) is 0 Å². The molecule has 1 unspecified atom stereocenters. The van der Waals surface area contributed by atoms with Crippen LogP contribution in [0.2, 0.25) is 0 Å². The Hall–Kier alpha value is -1.18. The van der Waals surface area contributed by atoms with Crippen molar-refractivity contribution in [2.75, 3.05) is 23.7 Å². The molecule has 2 rings (SSSR count). The molecular formula is C12H18N2. The van der Waals surface area contributed by atoms with E-state index in [9.17, 15) is 0 Å². The minimum absolute atomic E-state index is 0.816. The van der Waals surface area contributed by atoms with Gasteiger partial charge < -0.3 is 10.6 Å². The Kier molecular flexibility index (Phi) is 2.36. The summed E-state index contributed by atoms with van der Waals surface area (Å²) in [5.74, 6) is 0.816. The number of nitrogens with two attached hydrogens (primary N) is 1. The van der Waals surface area contributed by atoms with Crippen LogP contribution in [-0.2, 0) is 0 Å². The Morgan fingerprint density at radius 3 is 2.86 bits per heavy atom. The molecule has 2 nitrogen and oxygen atoms in total. The molecule has 1 saturated heterocycles. The summed E-state index contributed by atoms with van der Waals surface area (Å²) in [7, 11) is 0. The summed E-state index contributed by atoms with van der Waals surface area (Å²) in [6, 6.07) is 6.18. The molecule has 1 aliphatic heterocycles. The van der Waals surface area contributed by atoms with E-state index < -0.39 is 0 Å². The summed E-state index contributed by atoms with van der Waals surface area (Å²) in [5, 5.41) is 0. The molecule has 14 heavy (non-hydrogen) atoms. The Labute approximate surface area is 85.7 Å². The molecule has 0 spiro atoms. The summed E-state index contributed by atoms with van der Waals surface area (Å²) in [4.78, 5) is 2.44. The molecule has 0 bridgehead atoms. The van der Waals surface area contributed by atoms with E-state index in [2.05, 4.69) is 24.8 Å². The van der Waals surface area contributed by atoms with Gasteiger partial charge in [0.05, 0.1) is 0 Å². The van der Waals surface area contributed by atoms with Crippen molar-refractivity contribution >= 4 is 11.4 Å². The van der Waals surface area contributed by atoms with E-state index in [-0.39, 0.29) is 0 Å². The highest BCUT2D eigenvalue weighted by atomic mass is 15.2. The van der Waals surface area contributed by atoms with Gasteiger partial charge in [-0.05, 0) is 37.0 Å². The molecule has 2 heteroatoms. The zero-order valence-electron chi connectivity index (χ0n) is 8.96. The average Bonchev–Trinajstić information content (AvgIpc) is 2.57. The monoisotopic (exact) mass is 190 g/mol. The van der Waals surface area contributed by atoms with Crippen molar-refractivity contribution < 1.29 is 0 Å². The number of nitrogen functional groups attached to an aromatic ring is 1. The lowest BCUT2D eigenvalue weighted by atomic mass is 10.1. The first-order valence-corrected chi connectivity index (χ1v) is 5.28. The first-order chi connectivity index (χ1) is 6.68. The van der Waals surface area contributed by atoms with E-state index in [0.717, 1.165) is 11.6 Å². The maximum absolute atomic E-state index is 5.90. The van der Waals surface area contributed by atoms with Gasteiger partial charge in [0.25, 0.3) is 0 Å². The number of hydrogen-bond donors (Lipinski definition) is 1. The highest BCUT2D eigenvalue weighted by Gasteiger charge is 2.20. The van der Waals surface area contributed by atoms with Crippen LogP contribution in [0.3, 0.4) is 0 Å². The van der Waals surface area contributed by atoms with Crippen molar-refractivity contribution in [1.29, 1.82) is 0 Å². The maximum Gasteiger partial charge on any atom is 0.0416 e. The topological polar surface area (TPSA) is 29.3 Å². The lowest BCUT2D eigenvalue weighted by Crippen LogP contribution is -2.20. The molecule has 0 amide bonds. The first kappa shape index (κ1) is 9.38. The summed E-state index contributed by atoms with van der Waals surface area (Å²) >= 11 is 0. The van der Waals surface area contributed by atoms with Crippen LogP contribution in [0.4, 0.5) is 11.4 Å². The molecule has 1 fully saturated rings. The number of nitrogens with zero attached hydrogens (tertiary/aromatic N) is 1. The number of hydrogen-bond acceptors (Lipinski definition) is 2. The Bertz CT molecular complexity index is 333. The molecule has 1 atom stereocenters. The summed E-state index contributed by atoms with van der Waals surface area (Å²) < 4.78 is 0. The zero-order chi connectivity index (χ0) is 10.1. The molecular weight excluding hydrogens is 172 g/mol. The van der Waals surface area contributed by atoms with E-state index >= 15 is 0 Å². The fraction of sp³-hybridized carbons (Fsp3) is 0.500. The SMILES string of the molecule is Cc1c(N)cccc1N1CCC(C)C1. The second kappa shape index (κ2) is 3.52. The van der Waals surface area contributed by atoms with Crippen molar-refractivity contribution in [3.05, 3.63) is 23.8 Å². The average molecular weight is 190 g/mol. The molecule has 2 N–H and O–H groups in total. The smallest absolute Gasteiger partial charge is 0.0416 e. The van der Waals surface area contributed by atoms with Crippen LogP contribution in [0, 0.1) is 12.8 Å². The van der Waals surface area contributed by atoms with Gasteiger partial charge in [0, 0.05) is 24.5 Å². The molecule has 0 radical (unpaired) electrons. The van der Waals surface area contributed by atoms with Gasteiger partial charge in [-0.1, -0.05) is 13.0 Å². The van der Waals surface area contributed by atoms with Crippen LogP contribution in [0.25, 0.3) is 0 Å². The fourth-order valence-electron chi connectivity index (χ4n) is 2.14. The first-order valence-electron chi connectivity index (χ1n) is 5.28. The van der Waals surface area contributed by atoms with Crippen molar-refractivity contribution in [2.24, 2.45) is 5.92 Å². The third-order valence-corrected chi connectivity index (χ3v) is 3.11. The summed E-state index contributed by atoms with van der Waals surface area (Å²) in [6.45, 7) is 6.75. The van der Waals surface area contributed by atoms with E-state index in [1.165, 1.54) is 30.8 Å². The van der Waals surface area contributed by atoms with Crippen LogP contribution in [-0.4, -0.2) is 13.1 Å². The van der Waals surface area contributed by atoms with Gasteiger partial charge in [0.2, 0.25) is 0 Å². The standard InChI is InChI=1S/C12H18N2/c1-9-6-7-14(8-9)12-5-3-4-11(13)10(12)2/h3-5,9H,6-8,13H2,1-2H3. The van der Waals surface area contributed by atoms with Crippen LogP contribution in [0.15, 0.2) is 18.2 Å². The van der Waals surface area contributed by atoms with Crippen molar-refractivity contribution in [2.45, 2.75) is 20.3 Å². The van der Waals surface area contributed by atoms with Gasteiger partial charge >= 0.3 is 0 Å². The Morgan fingerprint density at radius 1 is 1.43 bits per heavy atom. The third-order valence-electron chi connectivity index (χ3n) is 3.11. The molecule has 0 saturated carbocycles. The molecule has 1 heterocycles. The minimum atomic E-state index is 0.816. The van der Waals surface area contributed by atoms with Crippen LogP contribution >= 0.6 is 0 Å². The van der Waals surface area contributed by atoms with E-state index in [4.69, 9.17) is 5.73 Å². The zero-order valence-corrected chi connectivity index (χ0v) is 8.96. The fourth-order valence-corrected chi connectivity index (χ4v) is 2.14. The van der Waals surface area contributed by atoms with Crippen molar-refractivity contribution in [1.82, 2.24) is 0 Å². The quantitative estimate of drug-likeness (QED) is 0.689. The van der Waals surface area contributed by atoms with E-state index in [0.29, 0.717) is 0 Å². The molecule has 76 valence electrons.